The van der Waals surface area contributed by atoms with Gasteiger partial charge in [0, 0.05) is 25.3 Å². The minimum absolute atomic E-state index is 0. The Hall–Kier alpha value is -1.81. The molecule has 0 heterocycles. The highest BCUT2D eigenvalue weighted by molar-refractivity contribution is 14.0. The van der Waals surface area contributed by atoms with E-state index in [2.05, 4.69) is 34.7 Å². The highest BCUT2D eigenvalue weighted by Gasteiger charge is 2.07. The van der Waals surface area contributed by atoms with E-state index in [1.165, 1.54) is 11.8 Å². The number of benzene rings is 2. The Bertz CT molecular complexity index is 856. The van der Waals surface area contributed by atoms with Crippen LogP contribution in [0.3, 0.4) is 0 Å². The first kappa shape index (κ1) is 25.2. The third kappa shape index (κ3) is 9.03. The molecule has 29 heavy (non-hydrogen) atoms. The average Bonchev–Trinajstić information content (AvgIpc) is 2.69. The molecule has 6 nitrogen and oxygen atoms in total. The lowest BCUT2D eigenvalue weighted by molar-refractivity contribution is 0.321. The van der Waals surface area contributed by atoms with Gasteiger partial charge in [-0.15, -0.1) is 24.0 Å². The van der Waals surface area contributed by atoms with Gasteiger partial charge in [-0.2, -0.15) is 0 Å². The van der Waals surface area contributed by atoms with E-state index in [1.54, 1.807) is 24.3 Å². The summed E-state index contributed by atoms with van der Waals surface area (Å²) in [5.41, 5.74) is 1.27. The summed E-state index contributed by atoms with van der Waals surface area (Å²) >= 11 is 0. The average molecular weight is 531 g/mol. The van der Waals surface area contributed by atoms with Crippen molar-refractivity contribution in [3.63, 3.8) is 0 Å². The first-order valence-corrected chi connectivity index (χ1v) is 11.3. The van der Waals surface area contributed by atoms with Gasteiger partial charge in [0.05, 0.1) is 11.4 Å². The van der Waals surface area contributed by atoms with E-state index in [9.17, 15) is 8.42 Å². The van der Waals surface area contributed by atoms with Crippen molar-refractivity contribution in [3.05, 3.63) is 60.2 Å². The second-order valence-corrected chi connectivity index (χ2v) is 8.57. The van der Waals surface area contributed by atoms with Gasteiger partial charge >= 0.3 is 0 Å². The molecule has 0 radical (unpaired) electrons. The maximum atomic E-state index is 11.5. The molecular formula is C21H30IN3O3S. The van der Waals surface area contributed by atoms with Gasteiger partial charge in [-0.05, 0) is 36.8 Å². The normalized spacial score (nSPS) is 12.6. The minimum Gasteiger partial charge on any atom is -0.492 e. The van der Waals surface area contributed by atoms with Crippen molar-refractivity contribution in [1.29, 1.82) is 0 Å². The molecule has 160 valence electrons. The number of hydrogen-bond donors (Lipinski definition) is 2. The van der Waals surface area contributed by atoms with Crippen LogP contribution in [0.1, 0.15) is 25.3 Å². The number of nitrogens with zero attached hydrogens (tertiary/aromatic N) is 1. The predicted molar refractivity (Wildman–Crippen MR) is 129 cm³/mol. The van der Waals surface area contributed by atoms with E-state index in [4.69, 9.17) is 4.74 Å². The molecule has 0 bridgehead atoms. The summed E-state index contributed by atoms with van der Waals surface area (Å²) in [6.07, 6.45) is 1.19. The van der Waals surface area contributed by atoms with Crippen LogP contribution in [0.5, 0.6) is 5.75 Å². The Kier molecular flexibility index (Phi) is 11.0. The van der Waals surface area contributed by atoms with Crippen molar-refractivity contribution in [2.45, 2.75) is 24.7 Å². The SMILES string of the molecule is CCNC(=NCC(C)c1ccccc1)NCCOc1ccc(S(C)(=O)=O)cc1.I. The van der Waals surface area contributed by atoms with E-state index in [-0.39, 0.29) is 28.9 Å². The molecule has 2 aromatic carbocycles. The molecular weight excluding hydrogens is 501 g/mol. The van der Waals surface area contributed by atoms with Gasteiger partial charge in [0.15, 0.2) is 15.8 Å². The monoisotopic (exact) mass is 531 g/mol. The zero-order valence-corrected chi connectivity index (χ0v) is 20.2. The molecule has 0 fully saturated rings. The Morgan fingerprint density at radius 2 is 1.72 bits per heavy atom. The summed E-state index contributed by atoms with van der Waals surface area (Å²) in [5.74, 6) is 1.72. The molecule has 0 amide bonds. The lowest BCUT2D eigenvalue weighted by Crippen LogP contribution is -2.39. The largest absolute Gasteiger partial charge is 0.492 e. The molecule has 2 N–H and O–H groups in total. The predicted octanol–water partition coefficient (Wildman–Crippen LogP) is 3.45. The molecule has 0 saturated heterocycles. The Labute approximate surface area is 191 Å². The summed E-state index contributed by atoms with van der Waals surface area (Å²) < 4.78 is 28.6. The van der Waals surface area contributed by atoms with Crippen LogP contribution in [-0.2, 0) is 9.84 Å². The zero-order chi connectivity index (χ0) is 20.4. The maximum Gasteiger partial charge on any atom is 0.191 e. The fourth-order valence-electron chi connectivity index (χ4n) is 2.58. The van der Waals surface area contributed by atoms with E-state index in [0.29, 0.717) is 31.4 Å². The van der Waals surface area contributed by atoms with E-state index in [1.807, 2.05) is 25.1 Å². The van der Waals surface area contributed by atoms with Crippen LogP contribution < -0.4 is 15.4 Å². The van der Waals surface area contributed by atoms with Crippen molar-refractivity contribution in [2.75, 3.05) is 32.5 Å². The third-order valence-corrected chi connectivity index (χ3v) is 5.28. The molecule has 1 unspecified atom stereocenters. The van der Waals surface area contributed by atoms with Crippen molar-refractivity contribution >= 4 is 39.8 Å². The van der Waals surface area contributed by atoms with Crippen molar-refractivity contribution in [3.8, 4) is 5.75 Å². The Morgan fingerprint density at radius 3 is 2.31 bits per heavy atom. The zero-order valence-electron chi connectivity index (χ0n) is 17.1. The van der Waals surface area contributed by atoms with Gasteiger partial charge in [0.25, 0.3) is 0 Å². The molecule has 0 aliphatic carbocycles. The molecule has 2 aromatic rings. The van der Waals surface area contributed by atoms with Crippen molar-refractivity contribution in [1.82, 2.24) is 10.6 Å². The van der Waals surface area contributed by atoms with Gasteiger partial charge < -0.3 is 15.4 Å². The molecule has 2 rings (SSSR count). The molecule has 0 saturated carbocycles. The molecule has 0 aliphatic heterocycles. The van der Waals surface area contributed by atoms with E-state index in [0.717, 1.165) is 12.5 Å². The van der Waals surface area contributed by atoms with E-state index >= 15 is 0 Å². The topological polar surface area (TPSA) is 79.8 Å². The van der Waals surface area contributed by atoms with Gasteiger partial charge in [0.2, 0.25) is 0 Å². The van der Waals surface area contributed by atoms with Crippen LogP contribution in [-0.4, -0.2) is 46.9 Å². The lowest BCUT2D eigenvalue weighted by Gasteiger charge is -2.14. The fraction of sp³-hybridized carbons (Fsp3) is 0.381. The van der Waals surface area contributed by atoms with Crippen LogP contribution >= 0.6 is 24.0 Å². The van der Waals surface area contributed by atoms with Gasteiger partial charge in [-0.3, -0.25) is 4.99 Å². The summed E-state index contributed by atoms with van der Waals surface area (Å²) in [5, 5.41) is 6.48. The summed E-state index contributed by atoms with van der Waals surface area (Å²) in [7, 11) is -3.19. The van der Waals surface area contributed by atoms with Crippen LogP contribution in [0.15, 0.2) is 64.5 Å². The lowest BCUT2D eigenvalue weighted by atomic mass is 10.0. The number of ether oxygens (including phenoxy) is 1. The number of hydrogen-bond acceptors (Lipinski definition) is 4. The fourth-order valence-corrected chi connectivity index (χ4v) is 3.21. The van der Waals surface area contributed by atoms with Crippen molar-refractivity contribution in [2.24, 2.45) is 4.99 Å². The first-order valence-electron chi connectivity index (χ1n) is 9.40. The van der Waals surface area contributed by atoms with Crippen LogP contribution in [0.2, 0.25) is 0 Å². The minimum atomic E-state index is -3.19. The third-order valence-electron chi connectivity index (χ3n) is 4.15. The number of halogens is 1. The second-order valence-electron chi connectivity index (χ2n) is 6.55. The maximum absolute atomic E-state index is 11.5. The summed E-state index contributed by atoms with van der Waals surface area (Å²) in [4.78, 5) is 4.93. The molecule has 8 heteroatoms. The highest BCUT2D eigenvalue weighted by Crippen LogP contribution is 2.16. The van der Waals surface area contributed by atoms with Crippen LogP contribution in [0.4, 0.5) is 0 Å². The second kappa shape index (κ2) is 12.7. The number of nitrogens with one attached hydrogen (secondary N) is 2. The molecule has 1 atom stereocenters. The van der Waals surface area contributed by atoms with E-state index < -0.39 is 9.84 Å². The number of rotatable bonds is 9. The molecule has 0 aromatic heterocycles. The first-order chi connectivity index (χ1) is 13.4. The summed E-state index contributed by atoms with van der Waals surface area (Å²) in [6, 6.07) is 16.8. The van der Waals surface area contributed by atoms with Crippen LogP contribution in [0, 0.1) is 0 Å². The molecule has 0 spiro atoms. The number of guanidine groups is 1. The quantitative estimate of drug-likeness (QED) is 0.224. The summed E-state index contributed by atoms with van der Waals surface area (Å²) in [6.45, 7) is 6.67. The Morgan fingerprint density at radius 1 is 1.07 bits per heavy atom. The standard InChI is InChI=1S/C21H29N3O3S.HI/c1-4-22-21(24-16-17(2)18-8-6-5-7-9-18)23-14-15-27-19-10-12-20(13-11-19)28(3,25)26;/h5-13,17H,4,14-16H2,1-3H3,(H2,22,23,24);1H. The van der Waals surface area contributed by atoms with Gasteiger partial charge in [0.1, 0.15) is 12.4 Å². The smallest absolute Gasteiger partial charge is 0.191 e. The van der Waals surface area contributed by atoms with Gasteiger partial charge in [-0.25, -0.2) is 8.42 Å². The van der Waals surface area contributed by atoms with Gasteiger partial charge in [-0.1, -0.05) is 37.3 Å². The van der Waals surface area contributed by atoms with Crippen molar-refractivity contribution < 1.29 is 13.2 Å². The number of aliphatic imine (C=N–C) groups is 1. The Balaban J connectivity index is 0.00000420. The van der Waals surface area contributed by atoms with Crippen LogP contribution in [0.25, 0.3) is 0 Å². The molecule has 0 aliphatic rings. The number of sulfone groups is 1. The highest BCUT2D eigenvalue weighted by atomic mass is 127.